The Hall–Kier alpha value is -1.92. The highest BCUT2D eigenvalue weighted by Crippen LogP contribution is 2.12. The predicted octanol–water partition coefficient (Wildman–Crippen LogP) is 2.04. The van der Waals surface area contributed by atoms with Gasteiger partial charge in [0.1, 0.15) is 0 Å². The molecule has 0 fully saturated rings. The standard InChI is InChI=1S/C12H12ClN5S/c1-15-12(19)18-11(14)16-10(17-18)7-4-8-2-5-9(13)6-3-8/h2-7H,1H3,(H,15,19)(H2,14,16,17). The summed E-state index contributed by atoms with van der Waals surface area (Å²) in [6.07, 6.45) is 3.63. The molecule has 0 amide bonds. The molecule has 98 valence electrons. The van der Waals surface area contributed by atoms with Crippen LogP contribution in [-0.4, -0.2) is 26.9 Å². The van der Waals surface area contributed by atoms with Gasteiger partial charge in [0.15, 0.2) is 10.9 Å². The first-order chi connectivity index (χ1) is 9.10. The lowest BCUT2D eigenvalue weighted by Crippen LogP contribution is -2.26. The molecule has 0 saturated carbocycles. The van der Waals surface area contributed by atoms with Crippen LogP contribution in [0, 0.1) is 0 Å². The van der Waals surface area contributed by atoms with Crippen molar-refractivity contribution in [1.29, 1.82) is 0 Å². The molecule has 3 N–H and O–H groups in total. The van der Waals surface area contributed by atoms with Gasteiger partial charge in [0.25, 0.3) is 0 Å². The number of rotatable bonds is 2. The van der Waals surface area contributed by atoms with Crippen molar-refractivity contribution in [3.8, 4) is 0 Å². The number of nitrogens with two attached hydrogens (primary N) is 1. The third kappa shape index (κ3) is 3.30. The van der Waals surface area contributed by atoms with Gasteiger partial charge in [0.05, 0.1) is 0 Å². The second-order valence-electron chi connectivity index (χ2n) is 3.68. The van der Waals surface area contributed by atoms with Crippen LogP contribution in [0.4, 0.5) is 5.95 Å². The lowest BCUT2D eigenvalue weighted by molar-refractivity contribution is 0.908. The first-order valence-electron chi connectivity index (χ1n) is 5.48. The molecule has 2 rings (SSSR count). The van der Waals surface area contributed by atoms with Gasteiger partial charge in [-0.05, 0) is 36.0 Å². The largest absolute Gasteiger partial charge is 0.368 e. The summed E-state index contributed by atoms with van der Waals surface area (Å²) in [6.45, 7) is 0. The Bertz CT molecular complexity index is 618. The second-order valence-corrected chi connectivity index (χ2v) is 4.50. The van der Waals surface area contributed by atoms with E-state index < -0.39 is 0 Å². The number of nitrogens with zero attached hydrogens (tertiary/aromatic N) is 3. The van der Waals surface area contributed by atoms with Gasteiger partial charge >= 0.3 is 0 Å². The summed E-state index contributed by atoms with van der Waals surface area (Å²) >= 11 is 10.9. The Morgan fingerprint density at radius 2 is 2.05 bits per heavy atom. The number of benzene rings is 1. The highest BCUT2D eigenvalue weighted by molar-refractivity contribution is 7.80. The van der Waals surface area contributed by atoms with Gasteiger partial charge in [-0.25, -0.2) is 0 Å². The molecule has 7 heteroatoms. The van der Waals surface area contributed by atoms with Crippen LogP contribution < -0.4 is 11.1 Å². The van der Waals surface area contributed by atoms with E-state index in [2.05, 4.69) is 15.4 Å². The summed E-state index contributed by atoms with van der Waals surface area (Å²) in [5.74, 6) is 0.736. The van der Waals surface area contributed by atoms with Crippen LogP contribution in [0.15, 0.2) is 24.3 Å². The smallest absolute Gasteiger partial charge is 0.226 e. The number of halogens is 1. The number of hydrogen-bond donors (Lipinski definition) is 2. The molecular formula is C12H12ClN5S. The molecule has 0 aliphatic heterocycles. The number of nitrogen functional groups attached to an aromatic ring is 1. The molecular weight excluding hydrogens is 282 g/mol. The Morgan fingerprint density at radius 1 is 1.37 bits per heavy atom. The molecule has 0 aliphatic carbocycles. The van der Waals surface area contributed by atoms with E-state index in [9.17, 15) is 0 Å². The fourth-order valence-electron chi connectivity index (χ4n) is 1.41. The summed E-state index contributed by atoms with van der Waals surface area (Å²) in [6, 6.07) is 7.43. The number of aromatic nitrogens is 3. The quantitative estimate of drug-likeness (QED) is 0.829. The number of thiocarbonyl (C=S) groups is 1. The van der Waals surface area contributed by atoms with E-state index in [1.165, 1.54) is 4.68 Å². The zero-order valence-electron chi connectivity index (χ0n) is 10.2. The third-order valence-electron chi connectivity index (χ3n) is 2.35. The minimum absolute atomic E-state index is 0.245. The molecule has 0 aliphatic rings. The summed E-state index contributed by atoms with van der Waals surface area (Å²) < 4.78 is 1.37. The maximum absolute atomic E-state index is 5.81. The molecule has 5 nitrogen and oxygen atoms in total. The number of nitrogens with one attached hydrogen (secondary N) is 1. The van der Waals surface area contributed by atoms with Crippen molar-refractivity contribution in [2.24, 2.45) is 0 Å². The molecule has 0 atom stereocenters. The van der Waals surface area contributed by atoms with E-state index in [0.717, 1.165) is 5.56 Å². The number of hydrogen-bond acceptors (Lipinski definition) is 4. The molecule has 0 spiro atoms. The van der Waals surface area contributed by atoms with Crippen LogP contribution >= 0.6 is 23.8 Å². The van der Waals surface area contributed by atoms with Crippen LogP contribution in [0.25, 0.3) is 12.2 Å². The van der Waals surface area contributed by atoms with Gasteiger partial charge in [0.2, 0.25) is 5.95 Å². The first-order valence-corrected chi connectivity index (χ1v) is 6.27. The van der Waals surface area contributed by atoms with Crippen LogP contribution in [0.3, 0.4) is 0 Å². The average Bonchev–Trinajstić information content (AvgIpc) is 2.78. The van der Waals surface area contributed by atoms with Crippen molar-refractivity contribution in [3.05, 3.63) is 40.7 Å². The lowest BCUT2D eigenvalue weighted by Gasteiger charge is -2.01. The van der Waals surface area contributed by atoms with Gasteiger partial charge in [-0.1, -0.05) is 29.8 Å². The molecule has 2 aromatic rings. The lowest BCUT2D eigenvalue weighted by atomic mass is 10.2. The minimum Gasteiger partial charge on any atom is -0.368 e. The average molecular weight is 294 g/mol. The van der Waals surface area contributed by atoms with Gasteiger partial charge < -0.3 is 11.1 Å². The van der Waals surface area contributed by atoms with Gasteiger partial charge in [-0.3, -0.25) is 0 Å². The topological polar surface area (TPSA) is 68.8 Å². The first kappa shape index (κ1) is 13.5. The van der Waals surface area contributed by atoms with Crippen molar-refractivity contribution in [2.45, 2.75) is 0 Å². The molecule has 1 aromatic heterocycles. The molecule has 0 unspecified atom stereocenters. The Labute approximate surface area is 121 Å². The van der Waals surface area contributed by atoms with Crippen molar-refractivity contribution in [3.63, 3.8) is 0 Å². The van der Waals surface area contributed by atoms with Crippen molar-refractivity contribution >= 4 is 47.0 Å². The molecule has 1 aromatic carbocycles. The van der Waals surface area contributed by atoms with E-state index in [0.29, 0.717) is 16.0 Å². The summed E-state index contributed by atoms with van der Waals surface area (Å²) in [4.78, 5) is 4.10. The third-order valence-corrected chi connectivity index (χ3v) is 2.98. The monoisotopic (exact) mass is 293 g/mol. The zero-order chi connectivity index (χ0) is 13.8. The predicted molar refractivity (Wildman–Crippen MR) is 81.9 cm³/mol. The zero-order valence-corrected chi connectivity index (χ0v) is 11.7. The fraction of sp³-hybridized carbons (Fsp3) is 0.0833. The maximum atomic E-state index is 5.81. The van der Waals surface area contributed by atoms with Crippen molar-refractivity contribution < 1.29 is 0 Å². The van der Waals surface area contributed by atoms with Crippen LogP contribution in [-0.2, 0) is 0 Å². The van der Waals surface area contributed by atoms with Crippen molar-refractivity contribution in [1.82, 2.24) is 20.1 Å². The fourth-order valence-corrected chi connectivity index (χ4v) is 1.67. The maximum Gasteiger partial charge on any atom is 0.226 e. The Kier molecular flexibility index (Phi) is 4.13. The normalized spacial score (nSPS) is 10.8. The van der Waals surface area contributed by atoms with Gasteiger partial charge in [-0.2, -0.15) is 9.67 Å². The molecule has 1 heterocycles. The second kappa shape index (κ2) is 5.81. The number of anilines is 1. The van der Waals surface area contributed by atoms with Crippen LogP contribution in [0.2, 0.25) is 5.02 Å². The van der Waals surface area contributed by atoms with Crippen LogP contribution in [0.1, 0.15) is 11.4 Å². The molecule has 0 radical (unpaired) electrons. The van der Waals surface area contributed by atoms with Gasteiger partial charge in [0, 0.05) is 12.1 Å². The minimum atomic E-state index is 0.245. The van der Waals surface area contributed by atoms with Gasteiger partial charge in [-0.15, -0.1) is 5.10 Å². The van der Waals surface area contributed by atoms with E-state index in [-0.39, 0.29) is 5.95 Å². The Morgan fingerprint density at radius 3 is 2.68 bits per heavy atom. The summed E-state index contributed by atoms with van der Waals surface area (Å²) in [7, 11) is 1.70. The highest BCUT2D eigenvalue weighted by Gasteiger charge is 2.07. The van der Waals surface area contributed by atoms with E-state index in [1.807, 2.05) is 30.3 Å². The molecule has 0 bridgehead atoms. The molecule has 0 saturated heterocycles. The van der Waals surface area contributed by atoms with Crippen LogP contribution in [0.5, 0.6) is 0 Å². The highest BCUT2D eigenvalue weighted by atomic mass is 35.5. The Balaban J connectivity index is 2.19. The van der Waals surface area contributed by atoms with Crippen molar-refractivity contribution in [2.75, 3.05) is 12.8 Å². The SMILES string of the molecule is CNC(=S)n1nc(C=Cc2ccc(Cl)cc2)nc1N. The summed E-state index contributed by atoms with van der Waals surface area (Å²) in [5.41, 5.74) is 6.71. The van der Waals surface area contributed by atoms with E-state index >= 15 is 0 Å². The van der Waals surface area contributed by atoms with E-state index in [4.69, 9.17) is 29.6 Å². The van der Waals surface area contributed by atoms with E-state index in [1.54, 1.807) is 13.1 Å². The summed E-state index contributed by atoms with van der Waals surface area (Å²) in [5, 5.41) is 8.06. The molecule has 19 heavy (non-hydrogen) atoms.